The summed E-state index contributed by atoms with van der Waals surface area (Å²) in [5.74, 6) is 0.114. The molecule has 0 radical (unpaired) electrons. The van der Waals surface area contributed by atoms with E-state index >= 15 is 0 Å². The number of likely N-dealkylation sites (N-methyl/N-ethyl adjacent to an activating group) is 1. The van der Waals surface area contributed by atoms with Crippen LogP contribution in [0.3, 0.4) is 0 Å². The van der Waals surface area contributed by atoms with E-state index < -0.39 is 17.3 Å². The normalized spacial score (nSPS) is 15.4. The Bertz CT molecular complexity index is 1250. The van der Waals surface area contributed by atoms with Gasteiger partial charge in [-0.25, -0.2) is 4.39 Å². The summed E-state index contributed by atoms with van der Waals surface area (Å²) in [5, 5.41) is 0.109. The predicted molar refractivity (Wildman–Crippen MR) is 123 cm³/mol. The van der Waals surface area contributed by atoms with Crippen molar-refractivity contribution in [2.45, 2.75) is 19.9 Å². The van der Waals surface area contributed by atoms with Crippen molar-refractivity contribution in [1.29, 1.82) is 0 Å². The molecule has 0 aliphatic carbocycles. The van der Waals surface area contributed by atoms with Crippen LogP contribution in [0.2, 0.25) is 0 Å². The third-order valence-corrected chi connectivity index (χ3v) is 6.20. The maximum Gasteiger partial charge on any atom is 0.290 e. The van der Waals surface area contributed by atoms with Crippen molar-refractivity contribution in [2.75, 3.05) is 40.4 Å². The van der Waals surface area contributed by atoms with Crippen LogP contribution in [0, 0.1) is 5.82 Å². The summed E-state index contributed by atoms with van der Waals surface area (Å²) in [7, 11) is 3.07. The van der Waals surface area contributed by atoms with Crippen molar-refractivity contribution in [3.63, 3.8) is 0 Å². The van der Waals surface area contributed by atoms with Gasteiger partial charge in [0.25, 0.3) is 5.91 Å². The number of halogens is 1. The summed E-state index contributed by atoms with van der Waals surface area (Å²) in [6.45, 7) is 6.83. The largest absolute Gasteiger partial charge is 0.493 e. The van der Waals surface area contributed by atoms with Crippen molar-refractivity contribution in [3.8, 4) is 11.5 Å². The molecule has 1 amide bonds. The van der Waals surface area contributed by atoms with Crippen molar-refractivity contribution in [3.05, 3.63) is 69.3 Å². The Hall–Kier alpha value is -3.39. The van der Waals surface area contributed by atoms with Gasteiger partial charge in [-0.05, 0) is 49.0 Å². The number of ether oxygens (including phenoxy) is 2. The molecule has 1 aromatic heterocycles. The van der Waals surface area contributed by atoms with Gasteiger partial charge in [-0.2, -0.15) is 0 Å². The zero-order valence-corrected chi connectivity index (χ0v) is 19.2. The standard InChI is InChI=1S/C25H27FN2O5/c1-5-27(6-2)11-12-28-22(15-7-9-19(31-3)20(13-15)32-4)21-23(29)17-14-16(26)8-10-18(17)33-24(21)25(28)30/h7-10,13-14,22H,5-6,11-12H2,1-4H3. The van der Waals surface area contributed by atoms with Crippen molar-refractivity contribution in [2.24, 2.45) is 0 Å². The lowest BCUT2D eigenvalue weighted by atomic mass is 9.98. The summed E-state index contributed by atoms with van der Waals surface area (Å²) in [5.41, 5.74) is 0.668. The molecular weight excluding hydrogens is 427 g/mol. The first-order valence-electron chi connectivity index (χ1n) is 10.9. The van der Waals surface area contributed by atoms with Gasteiger partial charge in [-0.1, -0.05) is 19.9 Å². The summed E-state index contributed by atoms with van der Waals surface area (Å²) < 4.78 is 30.6. The molecule has 0 fully saturated rings. The molecule has 0 saturated heterocycles. The number of carbonyl (C=O) groups excluding carboxylic acids is 1. The molecule has 0 bridgehead atoms. The Labute approximate surface area is 191 Å². The molecule has 0 N–H and O–H groups in total. The molecule has 0 saturated carbocycles. The minimum absolute atomic E-state index is 0.00144. The second-order valence-electron chi connectivity index (χ2n) is 7.86. The Morgan fingerprint density at radius 2 is 1.76 bits per heavy atom. The summed E-state index contributed by atoms with van der Waals surface area (Å²) in [6.07, 6.45) is 0. The van der Waals surface area contributed by atoms with Crippen LogP contribution in [0.15, 0.2) is 45.6 Å². The molecule has 1 atom stereocenters. The van der Waals surface area contributed by atoms with Crippen LogP contribution in [-0.4, -0.2) is 56.1 Å². The fourth-order valence-corrected chi connectivity index (χ4v) is 4.38. The smallest absolute Gasteiger partial charge is 0.290 e. The molecule has 0 spiro atoms. The average molecular weight is 454 g/mol. The Kier molecular flexibility index (Phi) is 6.37. The SMILES string of the molecule is CCN(CC)CCN1C(=O)c2oc3ccc(F)cc3c(=O)c2C1c1ccc(OC)c(OC)c1. The molecule has 2 heterocycles. The lowest BCUT2D eigenvalue weighted by Gasteiger charge is -2.28. The quantitative estimate of drug-likeness (QED) is 0.515. The van der Waals surface area contributed by atoms with E-state index in [2.05, 4.69) is 18.7 Å². The van der Waals surface area contributed by atoms with Crippen LogP contribution < -0.4 is 14.9 Å². The molecule has 1 unspecified atom stereocenters. The van der Waals surface area contributed by atoms with E-state index in [9.17, 15) is 14.0 Å². The van der Waals surface area contributed by atoms with Crippen molar-refractivity contribution in [1.82, 2.24) is 9.80 Å². The minimum Gasteiger partial charge on any atom is -0.493 e. The maximum atomic E-state index is 13.9. The van der Waals surface area contributed by atoms with Crippen LogP contribution in [0.5, 0.6) is 11.5 Å². The van der Waals surface area contributed by atoms with E-state index in [0.29, 0.717) is 30.2 Å². The van der Waals surface area contributed by atoms with Gasteiger partial charge >= 0.3 is 0 Å². The molecule has 4 rings (SSSR count). The number of rotatable bonds is 8. The highest BCUT2D eigenvalue weighted by atomic mass is 19.1. The van der Waals surface area contributed by atoms with Crippen LogP contribution in [-0.2, 0) is 0 Å². The number of methoxy groups -OCH3 is 2. The predicted octanol–water partition coefficient (Wildman–Crippen LogP) is 3.84. The number of benzene rings is 2. The zero-order chi connectivity index (χ0) is 23.7. The van der Waals surface area contributed by atoms with Crippen LogP contribution in [0.25, 0.3) is 11.0 Å². The third-order valence-electron chi connectivity index (χ3n) is 6.20. The van der Waals surface area contributed by atoms with Crippen LogP contribution >= 0.6 is 0 Å². The topological polar surface area (TPSA) is 72.2 Å². The summed E-state index contributed by atoms with van der Waals surface area (Å²) >= 11 is 0. The molecule has 1 aliphatic rings. The van der Waals surface area contributed by atoms with E-state index in [0.717, 1.165) is 19.2 Å². The molecular formula is C25H27FN2O5. The van der Waals surface area contributed by atoms with Gasteiger partial charge in [0.15, 0.2) is 16.9 Å². The lowest BCUT2D eigenvalue weighted by molar-refractivity contribution is 0.0708. The van der Waals surface area contributed by atoms with Crippen molar-refractivity contribution >= 4 is 16.9 Å². The third kappa shape index (κ3) is 3.95. The first kappa shape index (κ1) is 22.8. The number of amides is 1. The van der Waals surface area contributed by atoms with Gasteiger partial charge in [0.1, 0.15) is 11.4 Å². The molecule has 1 aliphatic heterocycles. The van der Waals surface area contributed by atoms with Crippen molar-refractivity contribution < 1.29 is 23.1 Å². The second kappa shape index (κ2) is 9.23. The maximum absolute atomic E-state index is 13.9. The van der Waals surface area contributed by atoms with E-state index in [-0.39, 0.29) is 28.2 Å². The Morgan fingerprint density at radius 3 is 2.42 bits per heavy atom. The number of hydrogen-bond acceptors (Lipinski definition) is 6. The highest BCUT2D eigenvalue weighted by Crippen LogP contribution is 2.40. The van der Waals surface area contributed by atoms with Crippen LogP contribution in [0.1, 0.15) is 41.6 Å². The van der Waals surface area contributed by atoms with E-state index in [4.69, 9.17) is 13.9 Å². The average Bonchev–Trinajstić information content (AvgIpc) is 3.11. The first-order chi connectivity index (χ1) is 15.9. The summed E-state index contributed by atoms with van der Waals surface area (Å²) in [4.78, 5) is 30.8. The fourth-order valence-electron chi connectivity index (χ4n) is 4.38. The highest BCUT2D eigenvalue weighted by Gasteiger charge is 2.43. The second-order valence-corrected chi connectivity index (χ2v) is 7.86. The van der Waals surface area contributed by atoms with Gasteiger partial charge in [-0.15, -0.1) is 0 Å². The number of hydrogen-bond donors (Lipinski definition) is 0. The Balaban J connectivity index is 1.90. The van der Waals surface area contributed by atoms with E-state index in [1.54, 1.807) is 23.1 Å². The van der Waals surface area contributed by atoms with Gasteiger partial charge in [0.05, 0.1) is 31.2 Å². The molecule has 8 heteroatoms. The van der Waals surface area contributed by atoms with E-state index in [1.807, 2.05) is 0 Å². The van der Waals surface area contributed by atoms with Crippen LogP contribution in [0.4, 0.5) is 4.39 Å². The molecule has 3 aromatic rings. The monoisotopic (exact) mass is 454 g/mol. The van der Waals surface area contributed by atoms with Gasteiger partial charge in [0, 0.05) is 13.1 Å². The number of carbonyl (C=O) groups is 1. The first-order valence-corrected chi connectivity index (χ1v) is 10.9. The lowest BCUT2D eigenvalue weighted by Crippen LogP contribution is -2.37. The van der Waals surface area contributed by atoms with Gasteiger partial charge in [-0.3, -0.25) is 9.59 Å². The minimum atomic E-state index is -0.688. The van der Waals surface area contributed by atoms with Gasteiger partial charge < -0.3 is 23.7 Å². The fraction of sp³-hybridized carbons (Fsp3) is 0.360. The highest BCUT2D eigenvalue weighted by molar-refractivity contribution is 5.99. The number of nitrogens with zero attached hydrogens (tertiary/aromatic N) is 2. The van der Waals surface area contributed by atoms with Gasteiger partial charge in [0.2, 0.25) is 5.76 Å². The summed E-state index contributed by atoms with van der Waals surface area (Å²) in [6, 6.07) is 8.34. The van der Waals surface area contributed by atoms with E-state index in [1.165, 1.54) is 26.4 Å². The molecule has 2 aromatic carbocycles. The molecule has 174 valence electrons. The molecule has 7 nitrogen and oxygen atoms in total. The Morgan fingerprint density at radius 1 is 1.03 bits per heavy atom. The zero-order valence-electron chi connectivity index (χ0n) is 19.2. The molecule has 33 heavy (non-hydrogen) atoms. The number of fused-ring (bicyclic) bond motifs is 2.